The number of nitro benzene ring substituents is 1. The summed E-state index contributed by atoms with van der Waals surface area (Å²) >= 11 is 0. The number of carbonyl (C=O) groups is 1. The van der Waals surface area contributed by atoms with Crippen molar-refractivity contribution in [3.63, 3.8) is 0 Å². The molecule has 0 saturated heterocycles. The van der Waals surface area contributed by atoms with Crippen LogP contribution in [-0.2, 0) is 11.3 Å². The van der Waals surface area contributed by atoms with Crippen molar-refractivity contribution in [2.45, 2.75) is 45.3 Å². The molecule has 0 atom stereocenters. The number of nitro groups is 1. The van der Waals surface area contributed by atoms with Gasteiger partial charge in [0.25, 0.3) is 11.6 Å². The zero-order chi connectivity index (χ0) is 18.0. The van der Waals surface area contributed by atoms with Gasteiger partial charge in [-0.3, -0.25) is 10.1 Å². The predicted molar refractivity (Wildman–Crippen MR) is 87.2 cm³/mol. The lowest BCUT2D eigenvalue weighted by Gasteiger charge is -2.07. The standard InChI is InChI=1S/C16H18N4O5/c1-9(2)15-18-14(25-19-15)8-24-16(21)10-3-6-12(17-11-4-5-11)13(7-10)20(22)23/h3,6-7,9,11,17H,4-5,8H2,1-2H3. The second-order valence-corrected chi connectivity index (χ2v) is 6.18. The van der Waals surface area contributed by atoms with Gasteiger partial charge in [0.05, 0.1) is 10.5 Å². The van der Waals surface area contributed by atoms with Gasteiger partial charge in [0.15, 0.2) is 12.4 Å². The van der Waals surface area contributed by atoms with Crippen molar-refractivity contribution in [3.8, 4) is 0 Å². The molecule has 1 fully saturated rings. The van der Waals surface area contributed by atoms with E-state index in [1.54, 1.807) is 0 Å². The van der Waals surface area contributed by atoms with Crippen molar-refractivity contribution in [3.05, 3.63) is 45.6 Å². The molecule has 25 heavy (non-hydrogen) atoms. The first-order chi connectivity index (χ1) is 11.9. The molecule has 1 aromatic carbocycles. The summed E-state index contributed by atoms with van der Waals surface area (Å²) in [5.74, 6) is 0.114. The largest absolute Gasteiger partial charge is 0.452 e. The van der Waals surface area contributed by atoms with Crippen LogP contribution >= 0.6 is 0 Å². The van der Waals surface area contributed by atoms with Crippen molar-refractivity contribution in [2.24, 2.45) is 0 Å². The number of nitrogens with one attached hydrogen (secondary N) is 1. The van der Waals surface area contributed by atoms with Gasteiger partial charge in [-0.05, 0) is 25.0 Å². The van der Waals surface area contributed by atoms with Crippen LogP contribution < -0.4 is 5.32 Å². The van der Waals surface area contributed by atoms with Gasteiger partial charge in [0, 0.05) is 18.0 Å². The molecule has 0 bridgehead atoms. The topological polar surface area (TPSA) is 120 Å². The van der Waals surface area contributed by atoms with E-state index >= 15 is 0 Å². The molecule has 132 valence electrons. The van der Waals surface area contributed by atoms with Gasteiger partial charge < -0.3 is 14.6 Å². The summed E-state index contributed by atoms with van der Waals surface area (Å²) in [7, 11) is 0. The molecule has 2 aromatic rings. The monoisotopic (exact) mass is 346 g/mol. The molecule has 1 aromatic heterocycles. The Bertz CT molecular complexity index is 798. The van der Waals surface area contributed by atoms with Crippen LogP contribution in [0, 0.1) is 10.1 Å². The Balaban J connectivity index is 1.68. The highest BCUT2D eigenvalue weighted by atomic mass is 16.6. The van der Waals surface area contributed by atoms with Crippen molar-refractivity contribution in [2.75, 3.05) is 5.32 Å². The molecule has 9 nitrogen and oxygen atoms in total. The lowest BCUT2D eigenvalue weighted by Crippen LogP contribution is -2.08. The Morgan fingerprint density at radius 3 is 2.84 bits per heavy atom. The molecule has 1 heterocycles. The molecule has 1 aliphatic carbocycles. The fourth-order valence-electron chi connectivity index (χ4n) is 2.15. The first-order valence-electron chi connectivity index (χ1n) is 7.98. The molecule has 1 N–H and O–H groups in total. The predicted octanol–water partition coefficient (Wildman–Crippen LogP) is 3.03. The van der Waals surface area contributed by atoms with E-state index in [-0.39, 0.29) is 35.7 Å². The fraction of sp³-hybridized carbons (Fsp3) is 0.438. The number of nitrogens with zero attached hydrogens (tertiary/aromatic N) is 3. The quantitative estimate of drug-likeness (QED) is 0.461. The van der Waals surface area contributed by atoms with E-state index in [9.17, 15) is 14.9 Å². The Hall–Kier alpha value is -2.97. The van der Waals surface area contributed by atoms with Gasteiger partial charge in [-0.15, -0.1) is 0 Å². The van der Waals surface area contributed by atoms with Crippen molar-refractivity contribution >= 4 is 17.3 Å². The zero-order valence-corrected chi connectivity index (χ0v) is 13.9. The average molecular weight is 346 g/mol. The van der Waals surface area contributed by atoms with Gasteiger partial charge in [-0.2, -0.15) is 4.98 Å². The minimum absolute atomic E-state index is 0.0941. The van der Waals surface area contributed by atoms with Crippen LogP contribution in [0.4, 0.5) is 11.4 Å². The first kappa shape index (κ1) is 16.9. The Morgan fingerprint density at radius 1 is 1.48 bits per heavy atom. The van der Waals surface area contributed by atoms with Gasteiger partial charge in [-0.25, -0.2) is 4.79 Å². The Kier molecular flexibility index (Phi) is 4.64. The van der Waals surface area contributed by atoms with Crippen molar-refractivity contribution in [1.29, 1.82) is 0 Å². The number of carbonyl (C=O) groups excluding carboxylic acids is 1. The van der Waals surface area contributed by atoms with Crippen LogP contribution in [0.15, 0.2) is 22.7 Å². The molecule has 0 unspecified atom stereocenters. The van der Waals surface area contributed by atoms with Crippen molar-refractivity contribution in [1.82, 2.24) is 10.1 Å². The second kappa shape index (κ2) is 6.88. The van der Waals surface area contributed by atoms with Crippen molar-refractivity contribution < 1.29 is 19.0 Å². The van der Waals surface area contributed by atoms with Crippen LogP contribution in [0.3, 0.4) is 0 Å². The third-order valence-electron chi connectivity index (χ3n) is 3.69. The second-order valence-electron chi connectivity index (χ2n) is 6.18. The van der Waals surface area contributed by atoms with E-state index in [2.05, 4.69) is 15.5 Å². The molecule has 0 amide bonds. The van der Waals surface area contributed by atoms with E-state index in [4.69, 9.17) is 9.26 Å². The van der Waals surface area contributed by atoms with E-state index in [1.807, 2.05) is 13.8 Å². The third kappa shape index (κ3) is 4.11. The fourth-order valence-corrected chi connectivity index (χ4v) is 2.15. The molecule has 0 spiro atoms. The number of hydrogen-bond donors (Lipinski definition) is 1. The highest BCUT2D eigenvalue weighted by molar-refractivity contribution is 5.91. The van der Waals surface area contributed by atoms with E-state index in [0.717, 1.165) is 12.8 Å². The summed E-state index contributed by atoms with van der Waals surface area (Å²) in [6, 6.07) is 4.49. The summed E-state index contributed by atoms with van der Waals surface area (Å²) in [6.45, 7) is 3.64. The van der Waals surface area contributed by atoms with Crippen LogP contribution in [0.5, 0.6) is 0 Å². The number of benzene rings is 1. The molecule has 0 aliphatic heterocycles. The van der Waals surface area contributed by atoms with Gasteiger partial charge in [0.2, 0.25) is 0 Å². The van der Waals surface area contributed by atoms with Crippen LogP contribution in [0.25, 0.3) is 0 Å². The summed E-state index contributed by atoms with van der Waals surface area (Å²) in [4.78, 5) is 26.9. The maximum atomic E-state index is 12.1. The molecular formula is C16H18N4O5. The molecule has 1 aliphatic rings. The van der Waals surface area contributed by atoms with E-state index in [1.165, 1.54) is 18.2 Å². The minimum atomic E-state index is -0.689. The highest BCUT2D eigenvalue weighted by Gasteiger charge is 2.26. The van der Waals surface area contributed by atoms with Gasteiger partial charge >= 0.3 is 5.97 Å². The lowest BCUT2D eigenvalue weighted by atomic mass is 10.1. The molecule has 1 saturated carbocycles. The number of aromatic nitrogens is 2. The Morgan fingerprint density at radius 2 is 2.24 bits per heavy atom. The molecule has 3 rings (SSSR count). The molecule has 0 radical (unpaired) electrons. The van der Waals surface area contributed by atoms with E-state index in [0.29, 0.717) is 11.5 Å². The third-order valence-corrected chi connectivity index (χ3v) is 3.69. The number of esters is 1. The summed E-state index contributed by atoms with van der Waals surface area (Å²) in [6.07, 6.45) is 1.98. The molecular weight excluding hydrogens is 328 g/mol. The van der Waals surface area contributed by atoms with E-state index < -0.39 is 10.9 Å². The average Bonchev–Trinajstić information content (AvgIpc) is 3.26. The van der Waals surface area contributed by atoms with Gasteiger partial charge in [0.1, 0.15) is 5.69 Å². The number of ether oxygens (including phenoxy) is 1. The van der Waals surface area contributed by atoms with Crippen LogP contribution in [0.2, 0.25) is 0 Å². The molecule has 9 heteroatoms. The van der Waals surface area contributed by atoms with Crippen LogP contribution in [0.1, 0.15) is 54.7 Å². The van der Waals surface area contributed by atoms with Crippen LogP contribution in [-0.4, -0.2) is 27.1 Å². The zero-order valence-electron chi connectivity index (χ0n) is 13.9. The smallest absolute Gasteiger partial charge is 0.338 e. The number of hydrogen-bond acceptors (Lipinski definition) is 8. The summed E-state index contributed by atoms with van der Waals surface area (Å²) in [5.41, 5.74) is 0.348. The first-order valence-corrected chi connectivity index (χ1v) is 7.98. The highest BCUT2D eigenvalue weighted by Crippen LogP contribution is 2.31. The number of anilines is 1. The maximum Gasteiger partial charge on any atom is 0.338 e. The summed E-state index contributed by atoms with van der Waals surface area (Å²) in [5, 5.41) is 18.1. The Labute approximate surface area is 143 Å². The normalized spacial score (nSPS) is 13.7. The maximum absolute atomic E-state index is 12.1. The number of rotatable bonds is 7. The SMILES string of the molecule is CC(C)c1noc(COC(=O)c2ccc(NC3CC3)c([N+](=O)[O-])c2)n1. The van der Waals surface area contributed by atoms with Gasteiger partial charge in [-0.1, -0.05) is 19.0 Å². The summed E-state index contributed by atoms with van der Waals surface area (Å²) < 4.78 is 10.1. The minimum Gasteiger partial charge on any atom is -0.452 e. The lowest BCUT2D eigenvalue weighted by molar-refractivity contribution is -0.384.